The van der Waals surface area contributed by atoms with Crippen molar-refractivity contribution in [2.45, 2.75) is 26.4 Å². The van der Waals surface area contributed by atoms with Crippen LogP contribution in [-0.4, -0.2) is 15.7 Å². The van der Waals surface area contributed by atoms with E-state index in [0.717, 1.165) is 29.7 Å². The molecule has 0 aliphatic heterocycles. The van der Waals surface area contributed by atoms with Crippen LogP contribution in [-0.2, 0) is 13.1 Å². The average molecular weight is 411 g/mol. The molecule has 4 nitrogen and oxygen atoms in total. The number of aryl methyl sites for hydroxylation is 1. The molecule has 0 radical (unpaired) electrons. The molecular weight excluding hydrogens is 390 g/mol. The summed E-state index contributed by atoms with van der Waals surface area (Å²) in [6, 6.07) is 15.5. The maximum absolute atomic E-state index is 8.44. The standard InChI is InChI=1S/C18H20ClN3O.BrH/c1-2-11-21-16-5-3-4-6-17(16)22(18(21)20)12-13-23-15-9-7-14(19)8-10-15;/h3-10,20H,2,11-13H2,1H3;1H. The topological polar surface area (TPSA) is 42.9 Å². The molecule has 0 unspecified atom stereocenters. The fraction of sp³-hybridized carbons (Fsp3) is 0.278. The summed E-state index contributed by atoms with van der Waals surface area (Å²) in [5, 5.41) is 9.14. The highest BCUT2D eigenvalue weighted by atomic mass is 79.9. The average Bonchev–Trinajstić information content (AvgIpc) is 2.83. The summed E-state index contributed by atoms with van der Waals surface area (Å²) < 4.78 is 9.82. The van der Waals surface area contributed by atoms with E-state index >= 15 is 0 Å². The Balaban J connectivity index is 0.00000208. The van der Waals surface area contributed by atoms with Crippen molar-refractivity contribution in [2.75, 3.05) is 6.61 Å². The van der Waals surface area contributed by atoms with Gasteiger partial charge in [-0.05, 0) is 42.8 Å². The zero-order valence-electron chi connectivity index (χ0n) is 13.5. The molecule has 3 rings (SSSR count). The number of rotatable bonds is 6. The number of halogens is 2. The van der Waals surface area contributed by atoms with Crippen LogP contribution in [0.1, 0.15) is 13.3 Å². The lowest BCUT2D eigenvalue weighted by Crippen LogP contribution is -2.26. The van der Waals surface area contributed by atoms with Crippen molar-refractivity contribution in [1.82, 2.24) is 9.13 Å². The fourth-order valence-electron chi connectivity index (χ4n) is 2.76. The summed E-state index contributed by atoms with van der Waals surface area (Å²) in [5.74, 6) is 0.791. The molecule has 0 aliphatic carbocycles. The van der Waals surface area contributed by atoms with Gasteiger partial charge in [-0.2, -0.15) is 0 Å². The maximum Gasteiger partial charge on any atom is 0.203 e. The smallest absolute Gasteiger partial charge is 0.203 e. The highest BCUT2D eigenvalue weighted by Gasteiger charge is 2.09. The van der Waals surface area contributed by atoms with Crippen molar-refractivity contribution >= 4 is 39.6 Å². The Labute approximate surface area is 156 Å². The third-order valence-corrected chi connectivity index (χ3v) is 4.07. The van der Waals surface area contributed by atoms with E-state index in [2.05, 4.69) is 23.6 Å². The molecule has 0 bridgehead atoms. The number of nitrogens with zero attached hydrogens (tertiary/aromatic N) is 2. The summed E-state index contributed by atoms with van der Waals surface area (Å²) in [5.41, 5.74) is 2.70. The lowest BCUT2D eigenvalue weighted by Gasteiger charge is -2.08. The van der Waals surface area contributed by atoms with Crippen LogP contribution in [0.2, 0.25) is 5.02 Å². The Kier molecular flexibility index (Phi) is 6.52. The monoisotopic (exact) mass is 409 g/mol. The minimum Gasteiger partial charge on any atom is -0.492 e. The van der Waals surface area contributed by atoms with E-state index in [1.54, 1.807) is 0 Å². The van der Waals surface area contributed by atoms with E-state index in [4.69, 9.17) is 21.7 Å². The molecular formula is C18H21BrClN3O. The molecule has 1 aromatic heterocycles. The van der Waals surface area contributed by atoms with E-state index in [1.165, 1.54) is 0 Å². The Morgan fingerprint density at radius 1 is 0.958 bits per heavy atom. The number of benzene rings is 2. The number of hydrogen-bond donors (Lipinski definition) is 1. The lowest BCUT2D eigenvalue weighted by atomic mass is 10.3. The summed E-state index contributed by atoms with van der Waals surface area (Å²) in [7, 11) is 0. The summed E-state index contributed by atoms with van der Waals surface area (Å²) in [6.45, 7) is 4.13. The second-order valence-corrected chi connectivity index (χ2v) is 5.85. The van der Waals surface area contributed by atoms with Gasteiger partial charge in [0.25, 0.3) is 0 Å². The SMILES string of the molecule is Br.CCCn1c(=N)n(CCOc2ccc(Cl)cc2)c2ccccc21. The molecule has 1 heterocycles. The van der Waals surface area contributed by atoms with Crippen LogP contribution in [0.3, 0.4) is 0 Å². The van der Waals surface area contributed by atoms with Gasteiger partial charge in [-0.3, -0.25) is 5.41 Å². The van der Waals surface area contributed by atoms with Crippen molar-refractivity contribution in [3.63, 3.8) is 0 Å². The second-order valence-electron chi connectivity index (χ2n) is 5.42. The molecule has 0 fully saturated rings. The first-order valence-electron chi connectivity index (χ1n) is 7.81. The Bertz CT molecular complexity index is 855. The molecule has 0 aliphatic rings. The molecule has 0 saturated carbocycles. The number of nitrogens with one attached hydrogen (secondary N) is 1. The zero-order chi connectivity index (χ0) is 16.2. The molecule has 3 aromatic rings. The molecule has 0 amide bonds. The number of fused-ring (bicyclic) bond motifs is 1. The molecule has 128 valence electrons. The second kappa shape index (κ2) is 8.40. The van der Waals surface area contributed by atoms with Crippen molar-refractivity contribution in [1.29, 1.82) is 5.41 Å². The number of para-hydroxylation sites is 2. The van der Waals surface area contributed by atoms with E-state index < -0.39 is 0 Å². The maximum atomic E-state index is 8.44. The first kappa shape index (κ1) is 18.6. The van der Waals surface area contributed by atoms with Crippen LogP contribution in [0.15, 0.2) is 48.5 Å². The summed E-state index contributed by atoms with van der Waals surface area (Å²) in [4.78, 5) is 0. The van der Waals surface area contributed by atoms with Crippen molar-refractivity contribution in [2.24, 2.45) is 0 Å². The predicted molar refractivity (Wildman–Crippen MR) is 103 cm³/mol. The number of ether oxygens (including phenoxy) is 1. The first-order chi connectivity index (χ1) is 11.2. The molecule has 6 heteroatoms. The van der Waals surface area contributed by atoms with Crippen LogP contribution in [0.5, 0.6) is 5.75 Å². The van der Waals surface area contributed by atoms with Gasteiger partial charge in [0.1, 0.15) is 12.4 Å². The highest BCUT2D eigenvalue weighted by Crippen LogP contribution is 2.16. The van der Waals surface area contributed by atoms with E-state index in [-0.39, 0.29) is 17.0 Å². The quantitative estimate of drug-likeness (QED) is 0.632. The van der Waals surface area contributed by atoms with E-state index in [1.807, 2.05) is 41.0 Å². The van der Waals surface area contributed by atoms with Gasteiger partial charge in [-0.15, -0.1) is 17.0 Å². The lowest BCUT2D eigenvalue weighted by molar-refractivity contribution is 0.296. The number of aromatic nitrogens is 2. The normalized spacial score (nSPS) is 10.6. The first-order valence-corrected chi connectivity index (χ1v) is 8.19. The molecule has 1 N–H and O–H groups in total. The number of hydrogen-bond acceptors (Lipinski definition) is 2. The van der Waals surface area contributed by atoms with Crippen molar-refractivity contribution in [3.8, 4) is 5.75 Å². The van der Waals surface area contributed by atoms with Gasteiger partial charge >= 0.3 is 0 Å². The fourth-order valence-corrected chi connectivity index (χ4v) is 2.88. The van der Waals surface area contributed by atoms with Gasteiger partial charge in [0.15, 0.2) is 0 Å². The van der Waals surface area contributed by atoms with Crippen LogP contribution < -0.4 is 10.4 Å². The predicted octanol–water partition coefficient (Wildman–Crippen LogP) is 4.64. The Morgan fingerprint density at radius 3 is 2.12 bits per heavy atom. The minimum absolute atomic E-state index is 0. The summed E-state index contributed by atoms with van der Waals surface area (Å²) >= 11 is 5.87. The van der Waals surface area contributed by atoms with Gasteiger partial charge in [-0.1, -0.05) is 30.7 Å². The molecule has 0 spiro atoms. The molecule has 0 atom stereocenters. The van der Waals surface area contributed by atoms with Crippen LogP contribution >= 0.6 is 28.6 Å². The van der Waals surface area contributed by atoms with E-state index in [0.29, 0.717) is 23.8 Å². The van der Waals surface area contributed by atoms with Gasteiger partial charge in [-0.25, -0.2) is 0 Å². The molecule has 2 aromatic carbocycles. The highest BCUT2D eigenvalue weighted by molar-refractivity contribution is 8.93. The van der Waals surface area contributed by atoms with Crippen LogP contribution in [0.25, 0.3) is 11.0 Å². The van der Waals surface area contributed by atoms with Gasteiger partial charge in [0.05, 0.1) is 17.6 Å². The van der Waals surface area contributed by atoms with Gasteiger partial charge in [0, 0.05) is 11.6 Å². The van der Waals surface area contributed by atoms with Crippen LogP contribution in [0, 0.1) is 5.41 Å². The van der Waals surface area contributed by atoms with Gasteiger partial charge < -0.3 is 13.9 Å². The molecule has 24 heavy (non-hydrogen) atoms. The van der Waals surface area contributed by atoms with Gasteiger partial charge in [0.2, 0.25) is 5.62 Å². The largest absolute Gasteiger partial charge is 0.492 e. The van der Waals surface area contributed by atoms with Crippen LogP contribution in [0.4, 0.5) is 0 Å². The minimum atomic E-state index is 0. The summed E-state index contributed by atoms with van der Waals surface area (Å²) in [6.07, 6.45) is 1.01. The zero-order valence-corrected chi connectivity index (χ0v) is 16.0. The molecule has 0 saturated heterocycles. The van der Waals surface area contributed by atoms with Crippen molar-refractivity contribution < 1.29 is 4.74 Å². The third-order valence-electron chi connectivity index (χ3n) is 3.82. The number of imidazole rings is 1. The Hall–Kier alpha value is -1.72. The van der Waals surface area contributed by atoms with Crippen molar-refractivity contribution in [3.05, 3.63) is 59.2 Å². The third kappa shape index (κ3) is 3.84. The Morgan fingerprint density at radius 2 is 1.54 bits per heavy atom. The van der Waals surface area contributed by atoms with E-state index in [9.17, 15) is 0 Å².